The van der Waals surface area contributed by atoms with E-state index >= 15 is 0 Å². The van der Waals surface area contributed by atoms with Crippen molar-refractivity contribution in [1.82, 2.24) is 4.90 Å². The number of likely N-dealkylation sites (N-methyl/N-ethyl adjacent to an activating group) is 1. The van der Waals surface area contributed by atoms with Crippen molar-refractivity contribution in [2.75, 3.05) is 34.4 Å². The van der Waals surface area contributed by atoms with E-state index in [1.165, 1.54) is 27.6 Å². The van der Waals surface area contributed by atoms with E-state index in [-0.39, 0.29) is 11.9 Å². The third kappa shape index (κ3) is 8.85. The molecule has 4 heteroatoms. The van der Waals surface area contributed by atoms with Crippen LogP contribution in [0.15, 0.2) is 91.0 Å². The highest BCUT2D eigenvalue weighted by molar-refractivity contribution is 5.84. The van der Waals surface area contributed by atoms with E-state index in [2.05, 4.69) is 92.6 Å². The molecule has 0 aliphatic heterocycles. The molecule has 0 aromatic heterocycles. The first-order chi connectivity index (χ1) is 17.9. The van der Waals surface area contributed by atoms with Crippen LogP contribution in [0.5, 0.6) is 5.75 Å². The Morgan fingerprint density at radius 2 is 1.54 bits per heavy atom. The maximum atomic E-state index is 10.9. The lowest BCUT2D eigenvalue weighted by atomic mass is 9.97. The average molecular weight is 498 g/mol. The molecule has 0 fully saturated rings. The lowest BCUT2D eigenvalue weighted by Crippen LogP contribution is -2.20. The Morgan fingerprint density at radius 3 is 2.22 bits per heavy atom. The molecular weight excluding hydrogens is 458 g/mol. The largest absolute Gasteiger partial charge is 0.497 e. The summed E-state index contributed by atoms with van der Waals surface area (Å²) in [6, 6.07) is 31.2. The number of carbonyl (C=O) groups is 1. The van der Waals surface area contributed by atoms with Gasteiger partial charge in [-0.2, -0.15) is 0 Å². The van der Waals surface area contributed by atoms with Crippen LogP contribution in [0.2, 0.25) is 0 Å². The van der Waals surface area contributed by atoms with Crippen molar-refractivity contribution >= 4 is 16.6 Å². The molecule has 0 amide bonds. The zero-order valence-electron chi connectivity index (χ0n) is 22.7. The highest BCUT2D eigenvalue weighted by atomic mass is 16.5. The lowest BCUT2D eigenvalue weighted by Gasteiger charge is -2.22. The standard InChI is InChI=1S/C18H23NO.C15H16O2/c1-15-9-7-8-12-17(15)18(20-14-13-19(2)3)16-10-5-4-6-11-16;1-11(16)3-4-12-5-6-14-10-15(17-2)8-7-13(14)9-12/h4-12,18H,13-14H2,1-3H3;5-10H,3-4H2,1-2H3. The fourth-order valence-electron chi connectivity index (χ4n) is 4.10. The molecule has 0 saturated carbocycles. The summed E-state index contributed by atoms with van der Waals surface area (Å²) in [5.74, 6) is 1.11. The molecule has 1 unspecified atom stereocenters. The number of hydrogen-bond donors (Lipinski definition) is 0. The molecular formula is C33H39NO3. The number of hydrogen-bond acceptors (Lipinski definition) is 4. The van der Waals surface area contributed by atoms with Crippen LogP contribution in [-0.2, 0) is 16.0 Å². The number of benzene rings is 4. The highest BCUT2D eigenvalue weighted by Crippen LogP contribution is 2.28. The molecule has 0 saturated heterocycles. The summed E-state index contributed by atoms with van der Waals surface area (Å²) in [5.41, 5.74) is 4.93. The summed E-state index contributed by atoms with van der Waals surface area (Å²) in [6.07, 6.45) is 1.44. The maximum Gasteiger partial charge on any atom is 0.130 e. The average Bonchev–Trinajstić information content (AvgIpc) is 2.91. The molecule has 0 radical (unpaired) electrons. The molecule has 0 bridgehead atoms. The lowest BCUT2D eigenvalue weighted by molar-refractivity contribution is -0.116. The Bertz CT molecular complexity index is 1270. The SMILES string of the molecule is COc1ccc2cc(CCC(C)=O)ccc2c1.Cc1ccccc1C(OCCN(C)C)c1ccccc1. The van der Waals surface area contributed by atoms with Gasteiger partial charge in [0, 0.05) is 13.0 Å². The molecule has 4 aromatic carbocycles. The van der Waals surface area contributed by atoms with Crippen LogP contribution in [0.3, 0.4) is 0 Å². The van der Waals surface area contributed by atoms with Crippen molar-refractivity contribution in [2.24, 2.45) is 0 Å². The van der Waals surface area contributed by atoms with Gasteiger partial charge >= 0.3 is 0 Å². The van der Waals surface area contributed by atoms with E-state index in [0.29, 0.717) is 6.42 Å². The second-order valence-corrected chi connectivity index (χ2v) is 9.57. The molecule has 4 rings (SSSR count). The first-order valence-electron chi connectivity index (χ1n) is 12.8. The zero-order valence-corrected chi connectivity index (χ0v) is 22.7. The predicted octanol–water partition coefficient (Wildman–Crippen LogP) is 7.03. The number of carbonyl (C=O) groups excluding carboxylic acids is 1. The maximum absolute atomic E-state index is 10.9. The molecule has 194 valence electrons. The quantitative estimate of drug-likeness (QED) is 0.236. The fourth-order valence-corrected chi connectivity index (χ4v) is 4.10. The van der Waals surface area contributed by atoms with Gasteiger partial charge in [-0.15, -0.1) is 0 Å². The van der Waals surface area contributed by atoms with Crippen molar-refractivity contribution in [3.05, 3.63) is 113 Å². The van der Waals surface area contributed by atoms with Crippen molar-refractivity contribution in [2.45, 2.75) is 32.8 Å². The van der Waals surface area contributed by atoms with Crippen LogP contribution < -0.4 is 4.74 Å². The van der Waals surface area contributed by atoms with Crippen molar-refractivity contribution in [3.8, 4) is 5.75 Å². The van der Waals surface area contributed by atoms with Crippen molar-refractivity contribution < 1.29 is 14.3 Å². The van der Waals surface area contributed by atoms with E-state index in [0.717, 1.165) is 30.7 Å². The van der Waals surface area contributed by atoms with E-state index in [1.807, 2.05) is 24.3 Å². The summed E-state index contributed by atoms with van der Waals surface area (Å²) >= 11 is 0. The van der Waals surface area contributed by atoms with Crippen molar-refractivity contribution in [3.63, 3.8) is 0 Å². The molecule has 0 N–H and O–H groups in total. The minimum absolute atomic E-state index is 0.0114. The van der Waals surface area contributed by atoms with Crippen molar-refractivity contribution in [1.29, 1.82) is 0 Å². The number of methoxy groups -OCH3 is 1. The summed E-state index contributed by atoms with van der Waals surface area (Å²) < 4.78 is 11.4. The van der Waals surface area contributed by atoms with Gasteiger partial charge in [-0.3, -0.25) is 0 Å². The number of ether oxygens (including phenoxy) is 2. The van der Waals surface area contributed by atoms with Crippen LogP contribution in [0.4, 0.5) is 0 Å². The van der Waals surface area contributed by atoms with E-state index in [1.54, 1.807) is 14.0 Å². The van der Waals surface area contributed by atoms with E-state index in [4.69, 9.17) is 9.47 Å². The Morgan fingerprint density at radius 1 is 0.865 bits per heavy atom. The molecule has 0 spiro atoms. The van der Waals surface area contributed by atoms with E-state index in [9.17, 15) is 4.79 Å². The van der Waals surface area contributed by atoms with Crippen LogP contribution >= 0.6 is 0 Å². The number of rotatable bonds is 10. The Kier molecular flexibility index (Phi) is 10.9. The van der Waals surface area contributed by atoms with Crippen LogP contribution in [-0.4, -0.2) is 45.0 Å². The minimum atomic E-state index is 0.0114. The number of nitrogens with zero attached hydrogens (tertiary/aromatic N) is 1. The van der Waals surface area contributed by atoms with Gasteiger partial charge in [-0.1, -0.05) is 78.9 Å². The molecule has 1 atom stereocenters. The van der Waals surface area contributed by atoms with Gasteiger partial charge < -0.3 is 19.2 Å². The minimum Gasteiger partial charge on any atom is -0.497 e. The summed E-state index contributed by atoms with van der Waals surface area (Å²) in [4.78, 5) is 13.1. The molecule has 0 aliphatic rings. The number of ketones is 1. The molecule has 4 aromatic rings. The van der Waals surface area contributed by atoms with Crippen LogP contribution in [0.1, 0.15) is 41.7 Å². The Hall–Kier alpha value is -3.47. The molecule has 0 heterocycles. The number of Topliss-reactive ketones (excluding diaryl/α,β-unsaturated/α-hetero) is 1. The summed E-state index contributed by atoms with van der Waals surface area (Å²) in [6.45, 7) is 5.42. The molecule has 4 nitrogen and oxygen atoms in total. The second-order valence-electron chi connectivity index (χ2n) is 9.57. The van der Waals surface area contributed by atoms with Gasteiger partial charge in [-0.25, -0.2) is 0 Å². The predicted molar refractivity (Wildman–Crippen MR) is 153 cm³/mol. The van der Waals surface area contributed by atoms with Gasteiger partial charge in [-0.05, 0) is 79.5 Å². The second kappa shape index (κ2) is 14.3. The normalized spacial score (nSPS) is 11.6. The topological polar surface area (TPSA) is 38.8 Å². The van der Waals surface area contributed by atoms with Crippen LogP contribution in [0, 0.1) is 6.92 Å². The van der Waals surface area contributed by atoms with E-state index < -0.39 is 0 Å². The third-order valence-corrected chi connectivity index (χ3v) is 6.27. The van der Waals surface area contributed by atoms with Gasteiger partial charge in [0.05, 0.1) is 13.7 Å². The third-order valence-electron chi connectivity index (χ3n) is 6.27. The Labute approximate surface area is 221 Å². The van der Waals surface area contributed by atoms with Gasteiger partial charge in [0.1, 0.15) is 17.6 Å². The van der Waals surface area contributed by atoms with Gasteiger partial charge in [0.15, 0.2) is 0 Å². The molecule has 0 aliphatic carbocycles. The fraction of sp³-hybridized carbons (Fsp3) is 0.303. The summed E-state index contributed by atoms with van der Waals surface area (Å²) in [7, 11) is 5.80. The first-order valence-corrected chi connectivity index (χ1v) is 12.8. The number of fused-ring (bicyclic) bond motifs is 1. The first kappa shape index (κ1) is 28.1. The Balaban J connectivity index is 0.000000208. The summed E-state index contributed by atoms with van der Waals surface area (Å²) in [5, 5.41) is 2.35. The van der Waals surface area contributed by atoms with Crippen LogP contribution in [0.25, 0.3) is 10.8 Å². The number of aryl methyl sites for hydroxylation is 2. The zero-order chi connectivity index (χ0) is 26.6. The smallest absolute Gasteiger partial charge is 0.130 e. The highest BCUT2D eigenvalue weighted by Gasteiger charge is 2.16. The van der Waals surface area contributed by atoms with Gasteiger partial charge in [0.25, 0.3) is 0 Å². The van der Waals surface area contributed by atoms with Gasteiger partial charge in [0.2, 0.25) is 0 Å². The molecule has 37 heavy (non-hydrogen) atoms. The monoisotopic (exact) mass is 497 g/mol.